The summed E-state index contributed by atoms with van der Waals surface area (Å²) in [6.07, 6.45) is 5.24. The molecule has 0 spiro atoms. The third-order valence-corrected chi connectivity index (χ3v) is 5.39. The molecule has 0 saturated heterocycles. The largest absolute Gasteiger partial charge is 0.363 e. The molecule has 1 amide bonds. The van der Waals surface area contributed by atoms with Gasteiger partial charge in [-0.25, -0.2) is 4.68 Å². The standard InChI is InChI=1S/C20H23N3O3/c24-19-6-3-11-21-23(19)17-9-7-16(8-10-17)22-20(25)18-12-14-4-1-2-5-15(14)13-26-18/h1-6,11,16-18H,7-10,12-13H2,(H,22,25). The molecule has 1 unspecified atom stereocenters. The van der Waals surface area contributed by atoms with Crippen molar-refractivity contribution in [2.75, 3.05) is 0 Å². The average Bonchev–Trinajstić information content (AvgIpc) is 2.69. The molecule has 6 heteroatoms. The van der Waals surface area contributed by atoms with Crippen molar-refractivity contribution in [3.63, 3.8) is 0 Å². The van der Waals surface area contributed by atoms with E-state index in [2.05, 4.69) is 16.5 Å². The highest BCUT2D eigenvalue weighted by Gasteiger charge is 2.29. The zero-order valence-corrected chi connectivity index (χ0v) is 14.6. The van der Waals surface area contributed by atoms with Crippen molar-refractivity contribution in [3.8, 4) is 0 Å². The summed E-state index contributed by atoms with van der Waals surface area (Å²) in [7, 11) is 0. The lowest BCUT2D eigenvalue weighted by Gasteiger charge is -2.31. The first-order valence-corrected chi connectivity index (χ1v) is 9.23. The first kappa shape index (κ1) is 17.0. The molecule has 0 radical (unpaired) electrons. The van der Waals surface area contributed by atoms with E-state index in [1.165, 1.54) is 5.56 Å². The van der Waals surface area contributed by atoms with Gasteiger partial charge >= 0.3 is 0 Å². The van der Waals surface area contributed by atoms with Gasteiger partial charge in [0.25, 0.3) is 5.56 Å². The molecule has 1 N–H and O–H groups in total. The summed E-state index contributed by atoms with van der Waals surface area (Å²) in [6.45, 7) is 0.490. The predicted molar refractivity (Wildman–Crippen MR) is 96.7 cm³/mol. The molecule has 1 fully saturated rings. The summed E-state index contributed by atoms with van der Waals surface area (Å²) in [6, 6.07) is 11.6. The number of amides is 1. The molecule has 2 aromatic rings. The van der Waals surface area contributed by atoms with Gasteiger partial charge < -0.3 is 10.1 Å². The van der Waals surface area contributed by atoms with E-state index in [9.17, 15) is 9.59 Å². The second kappa shape index (κ2) is 7.41. The monoisotopic (exact) mass is 353 g/mol. The van der Waals surface area contributed by atoms with Gasteiger partial charge in [0.1, 0.15) is 6.10 Å². The lowest BCUT2D eigenvalue weighted by Crippen LogP contribution is -2.46. The number of ether oxygens (including phenoxy) is 1. The van der Waals surface area contributed by atoms with Crippen LogP contribution in [0.15, 0.2) is 47.4 Å². The fourth-order valence-electron chi connectivity index (χ4n) is 3.92. The number of hydrogen-bond acceptors (Lipinski definition) is 4. The molecule has 1 aromatic heterocycles. The maximum Gasteiger partial charge on any atom is 0.266 e. The molecule has 1 atom stereocenters. The summed E-state index contributed by atoms with van der Waals surface area (Å²) in [4.78, 5) is 24.5. The van der Waals surface area contributed by atoms with Gasteiger partial charge in [-0.3, -0.25) is 9.59 Å². The zero-order chi connectivity index (χ0) is 17.9. The first-order valence-electron chi connectivity index (χ1n) is 9.23. The molecule has 2 aliphatic rings. The van der Waals surface area contributed by atoms with Crippen molar-refractivity contribution in [1.29, 1.82) is 0 Å². The van der Waals surface area contributed by atoms with Crippen molar-refractivity contribution in [2.24, 2.45) is 0 Å². The van der Waals surface area contributed by atoms with E-state index >= 15 is 0 Å². The van der Waals surface area contributed by atoms with Crippen LogP contribution in [0.5, 0.6) is 0 Å². The van der Waals surface area contributed by atoms with Crippen molar-refractivity contribution in [2.45, 2.75) is 56.9 Å². The van der Waals surface area contributed by atoms with Crippen LogP contribution in [0, 0.1) is 0 Å². The quantitative estimate of drug-likeness (QED) is 0.916. The van der Waals surface area contributed by atoms with Crippen molar-refractivity contribution >= 4 is 5.91 Å². The summed E-state index contributed by atoms with van der Waals surface area (Å²) in [5.41, 5.74) is 2.30. The average molecular weight is 353 g/mol. The van der Waals surface area contributed by atoms with Gasteiger partial charge in [0.2, 0.25) is 5.91 Å². The number of fused-ring (bicyclic) bond motifs is 1. The number of nitrogens with one attached hydrogen (secondary N) is 1. The van der Waals surface area contributed by atoms with Crippen LogP contribution in [0.4, 0.5) is 0 Å². The zero-order valence-electron chi connectivity index (χ0n) is 14.6. The van der Waals surface area contributed by atoms with E-state index in [1.54, 1.807) is 23.0 Å². The van der Waals surface area contributed by atoms with Crippen molar-refractivity contribution < 1.29 is 9.53 Å². The number of nitrogens with zero attached hydrogens (tertiary/aromatic N) is 2. The Morgan fingerprint density at radius 1 is 1.08 bits per heavy atom. The molecule has 0 bridgehead atoms. The summed E-state index contributed by atoms with van der Waals surface area (Å²) < 4.78 is 7.32. The fraction of sp³-hybridized carbons (Fsp3) is 0.450. The van der Waals surface area contributed by atoms with E-state index < -0.39 is 6.10 Å². The van der Waals surface area contributed by atoms with Crippen molar-refractivity contribution in [3.05, 3.63) is 64.1 Å². The van der Waals surface area contributed by atoms with Crippen LogP contribution in [0.25, 0.3) is 0 Å². The maximum atomic E-state index is 12.6. The normalized spacial score (nSPS) is 25.3. The Labute approximate surface area is 152 Å². The van der Waals surface area contributed by atoms with Crippen LogP contribution >= 0.6 is 0 Å². The van der Waals surface area contributed by atoms with Gasteiger partial charge in [-0.2, -0.15) is 5.10 Å². The number of hydrogen-bond donors (Lipinski definition) is 1. The van der Waals surface area contributed by atoms with Crippen LogP contribution < -0.4 is 10.9 Å². The second-order valence-corrected chi connectivity index (χ2v) is 7.09. The van der Waals surface area contributed by atoms with Crippen LogP contribution in [-0.4, -0.2) is 27.8 Å². The van der Waals surface area contributed by atoms with E-state index in [-0.39, 0.29) is 23.6 Å². The predicted octanol–water partition coefficient (Wildman–Crippen LogP) is 1.98. The SMILES string of the molecule is O=C(NC1CCC(n2ncccc2=O)CC1)C1Cc2ccccc2CO1. The molecular weight excluding hydrogens is 330 g/mol. The van der Waals surface area contributed by atoms with E-state index in [0.717, 1.165) is 31.2 Å². The molecule has 2 heterocycles. The van der Waals surface area contributed by atoms with Gasteiger partial charge in [0.05, 0.1) is 12.6 Å². The van der Waals surface area contributed by atoms with E-state index in [1.807, 2.05) is 18.2 Å². The molecule has 1 aromatic carbocycles. The summed E-state index contributed by atoms with van der Waals surface area (Å²) in [5, 5.41) is 7.31. The van der Waals surface area contributed by atoms with Crippen LogP contribution in [-0.2, 0) is 22.6 Å². The summed E-state index contributed by atoms with van der Waals surface area (Å²) >= 11 is 0. The van der Waals surface area contributed by atoms with Crippen LogP contribution in [0.2, 0.25) is 0 Å². The first-order chi connectivity index (χ1) is 12.7. The molecule has 6 nitrogen and oxygen atoms in total. The molecule has 1 aliphatic carbocycles. The minimum Gasteiger partial charge on any atom is -0.363 e. The van der Waals surface area contributed by atoms with Crippen LogP contribution in [0.3, 0.4) is 0 Å². The maximum absolute atomic E-state index is 12.6. The molecular formula is C20H23N3O3. The van der Waals surface area contributed by atoms with Gasteiger partial charge in [-0.05, 0) is 42.9 Å². The van der Waals surface area contributed by atoms with Crippen molar-refractivity contribution in [1.82, 2.24) is 15.1 Å². The highest BCUT2D eigenvalue weighted by molar-refractivity contribution is 5.81. The fourth-order valence-corrected chi connectivity index (χ4v) is 3.92. The Morgan fingerprint density at radius 2 is 1.85 bits per heavy atom. The van der Waals surface area contributed by atoms with Gasteiger partial charge in [-0.1, -0.05) is 24.3 Å². The highest BCUT2D eigenvalue weighted by Crippen LogP contribution is 2.27. The number of aromatic nitrogens is 2. The topological polar surface area (TPSA) is 73.2 Å². The minimum atomic E-state index is -0.416. The minimum absolute atomic E-state index is 0.0297. The molecule has 1 saturated carbocycles. The molecule has 136 valence electrons. The van der Waals surface area contributed by atoms with E-state index in [4.69, 9.17) is 4.74 Å². The Balaban J connectivity index is 1.31. The third kappa shape index (κ3) is 3.55. The lowest BCUT2D eigenvalue weighted by atomic mass is 9.90. The Bertz CT molecular complexity index is 840. The number of rotatable bonds is 3. The van der Waals surface area contributed by atoms with E-state index in [0.29, 0.717) is 13.0 Å². The van der Waals surface area contributed by atoms with Gasteiger partial charge in [-0.15, -0.1) is 0 Å². The summed E-state index contributed by atoms with van der Waals surface area (Å²) in [5.74, 6) is -0.0297. The molecule has 26 heavy (non-hydrogen) atoms. The highest BCUT2D eigenvalue weighted by atomic mass is 16.5. The smallest absolute Gasteiger partial charge is 0.266 e. The Hall–Kier alpha value is -2.47. The lowest BCUT2D eigenvalue weighted by molar-refractivity contribution is -0.135. The number of benzene rings is 1. The Kier molecular flexibility index (Phi) is 4.84. The number of carbonyl (C=O) groups is 1. The van der Waals surface area contributed by atoms with Gasteiger partial charge in [0, 0.05) is 24.7 Å². The molecule has 4 rings (SSSR count). The number of carbonyl (C=O) groups excluding carboxylic acids is 1. The van der Waals surface area contributed by atoms with Crippen LogP contribution in [0.1, 0.15) is 42.9 Å². The van der Waals surface area contributed by atoms with Gasteiger partial charge in [0.15, 0.2) is 0 Å². The second-order valence-electron chi connectivity index (χ2n) is 7.09. The molecule has 1 aliphatic heterocycles. The third-order valence-electron chi connectivity index (χ3n) is 5.39. The Morgan fingerprint density at radius 3 is 2.62 bits per heavy atom.